The Morgan fingerprint density at radius 3 is 2.74 bits per heavy atom. The van der Waals surface area contributed by atoms with Crippen LogP contribution in [0, 0.1) is 0 Å². The summed E-state index contributed by atoms with van der Waals surface area (Å²) >= 11 is 4.67. The predicted molar refractivity (Wildman–Crippen MR) is 107 cm³/mol. The average molecular weight is 453 g/mol. The van der Waals surface area contributed by atoms with E-state index >= 15 is 0 Å². The third kappa shape index (κ3) is 4.62. The number of para-hydroxylation sites is 1. The van der Waals surface area contributed by atoms with Gasteiger partial charge in [0.1, 0.15) is 19.3 Å². The topological polar surface area (TPSA) is 67.9 Å². The lowest BCUT2D eigenvalue weighted by Crippen LogP contribution is -2.46. The summed E-state index contributed by atoms with van der Waals surface area (Å²) in [6, 6.07) is 8.59. The first-order chi connectivity index (χ1) is 13.0. The number of halogens is 1. The van der Waals surface area contributed by atoms with Crippen molar-refractivity contribution in [3.05, 3.63) is 44.6 Å². The third-order valence-corrected chi connectivity index (χ3v) is 5.84. The summed E-state index contributed by atoms with van der Waals surface area (Å²) in [5.74, 6) is 0.995. The Morgan fingerprint density at radius 1 is 1.26 bits per heavy atom. The quantitative estimate of drug-likeness (QED) is 0.728. The van der Waals surface area contributed by atoms with Gasteiger partial charge in [0.2, 0.25) is 5.91 Å². The van der Waals surface area contributed by atoms with Crippen LogP contribution in [0.15, 0.2) is 34.1 Å². The number of rotatable bonds is 6. The Morgan fingerprint density at radius 2 is 2.04 bits per heavy atom. The van der Waals surface area contributed by atoms with Crippen LogP contribution >= 0.6 is 27.3 Å². The van der Waals surface area contributed by atoms with Crippen molar-refractivity contribution in [2.24, 2.45) is 0 Å². The molecule has 0 bridgehead atoms. The number of carbonyl (C=O) groups is 2. The fourth-order valence-electron chi connectivity index (χ4n) is 2.85. The molecule has 0 radical (unpaired) electrons. The summed E-state index contributed by atoms with van der Waals surface area (Å²) in [5.41, 5.74) is 0.892. The number of fused-ring (bicyclic) bond motifs is 1. The van der Waals surface area contributed by atoms with Crippen LogP contribution in [-0.4, -0.2) is 42.5 Å². The molecule has 8 heteroatoms. The van der Waals surface area contributed by atoms with Crippen LogP contribution in [-0.2, 0) is 11.3 Å². The van der Waals surface area contributed by atoms with Crippen LogP contribution < -0.4 is 14.8 Å². The number of carbonyl (C=O) groups excluding carboxylic acids is 2. The van der Waals surface area contributed by atoms with Crippen LogP contribution in [0.1, 0.15) is 29.1 Å². The van der Waals surface area contributed by atoms with E-state index in [0.717, 1.165) is 9.35 Å². The highest BCUT2D eigenvalue weighted by atomic mass is 79.9. The maximum atomic E-state index is 12.9. The van der Waals surface area contributed by atoms with Crippen molar-refractivity contribution in [2.75, 3.05) is 19.8 Å². The van der Waals surface area contributed by atoms with Gasteiger partial charge in [0, 0.05) is 18.7 Å². The molecule has 1 unspecified atom stereocenters. The molecule has 0 fully saturated rings. The number of hydrogen-bond acceptors (Lipinski definition) is 5. The van der Waals surface area contributed by atoms with E-state index in [1.54, 1.807) is 17.9 Å². The van der Waals surface area contributed by atoms with Gasteiger partial charge in [-0.3, -0.25) is 9.59 Å². The Balaban J connectivity index is 1.68. The van der Waals surface area contributed by atoms with E-state index in [1.165, 1.54) is 11.3 Å². The van der Waals surface area contributed by atoms with Crippen molar-refractivity contribution >= 4 is 39.1 Å². The second-order valence-electron chi connectivity index (χ2n) is 6.09. The summed E-state index contributed by atoms with van der Waals surface area (Å²) in [6.07, 6.45) is 0. The Hall–Kier alpha value is -2.06. The third-order valence-electron chi connectivity index (χ3n) is 4.22. The van der Waals surface area contributed by atoms with Gasteiger partial charge in [0.05, 0.1) is 8.66 Å². The van der Waals surface area contributed by atoms with Gasteiger partial charge in [-0.25, -0.2) is 0 Å². The van der Waals surface area contributed by atoms with Crippen molar-refractivity contribution < 1.29 is 19.1 Å². The highest BCUT2D eigenvalue weighted by molar-refractivity contribution is 9.11. The lowest BCUT2D eigenvalue weighted by molar-refractivity contribution is -0.133. The number of thiophene rings is 1. The molecule has 144 valence electrons. The molecule has 2 aromatic rings. The minimum absolute atomic E-state index is 0.143. The molecule has 0 aliphatic carbocycles. The van der Waals surface area contributed by atoms with Gasteiger partial charge >= 0.3 is 0 Å². The molecule has 2 heterocycles. The second kappa shape index (κ2) is 8.75. The molecule has 1 aromatic carbocycles. The van der Waals surface area contributed by atoms with Crippen LogP contribution in [0.25, 0.3) is 0 Å². The smallest absolute Gasteiger partial charge is 0.262 e. The van der Waals surface area contributed by atoms with Gasteiger partial charge in [-0.05, 0) is 48.0 Å². The highest BCUT2D eigenvalue weighted by Gasteiger charge is 2.24. The standard InChI is InChI=1S/C19H21BrN2O4S/c1-3-22(11-13-5-4-6-14-17(13)26-10-9-25-14)19(24)12(2)21-18(23)15-7-8-16(20)27-15/h4-8,12H,3,9-11H2,1-2H3,(H,21,23). The number of nitrogens with one attached hydrogen (secondary N) is 1. The number of nitrogens with zero attached hydrogens (tertiary/aromatic N) is 1. The van der Waals surface area contributed by atoms with Gasteiger partial charge in [-0.2, -0.15) is 0 Å². The lowest BCUT2D eigenvalue weighted by Gasteiger charge is -2.27. The molecule has 1 atom stereocenters. The van der Waals surface area contributed by atoms with Crippen molar-refractivity contribution in [3.8, 4) is 11.5 Å². The minimum Gasteiger partial charge on any atom is -0.486 e. The van der Waals surface area contributed by atoms with Crippen LogP contribution in [0.5, 0.6) is 11.5 Å². The van der Waals surface area contributed by atoms with Crippen LogP contribution in [0.4, 0.5) is 0 Å². The van der Waals surface area contributed by atoms with E-state index in [2.05, 4.69) is 21.2 Å². The number of amides is 2. The molecule has 0 spiro atoms. The summed E-state index contributed by atoms with van der Waals surface area (Å²) in [4.78, 5) is 27.4. The number of ether oxygens (including phenoxy) is 2. The molecule has 27 heavy (non-hydrogen) atoms. The zero-order valence-electron chi connectivity index (χ0n) is 15.2. The van der Waals surface area contributed by atoms with Crippen molar-refractivity contribution in [2.45, 2.75) is 26.4 Å². The zero-order chi connectivity index (χ0) is 19.4. The SMILES string of the molecule is CCN(Cc1cccc2c1OCCO2)C(=O)C(C)NC(=O)c1ccc(Br)s1. The molecule has 1 aliphatic heterocycles. The molecule has 6 nitrogen and oxygen atoms in total. The van der Waals surface area contributed by atoms with Gasteiger partial charge < -0.3 is 19.7 Å². The Kier molecular flexibility index (Phi) is 6.38. The lowest BCUT2D eigenvalue weighted by atomic mass is 10.1. The van der Waals surface area contributed by atoms with Crippen LogP contribution in [0.2, 0.25) is 0 Å². The normalized spacial score (nSPS) is 13.7. The van der Waals surface area contributed by atoms with Gasteiger partial charge in [0.15, 0.2) is 11.5 Å². The summed E-state index contributed by atoms with van der Waals surface area (Å²) in [5, 5.41) is 2.78. The summed E-state index contributed by atoms with van der Waals surface area (Å²) < 4.78 is 12.2. The van der Waals surface area contributed by atoms with E-state index in [4.69, 9.17) is 9.47 Å². The maximum absolute atomic E-state index is 12.9. The van der Waals surface area contributed by atoms with Crippen molar-refractivity contribution in [1.82, 2.24) is 10.2 Å². The van der Waals surface area contributed by atoms with Gasteiger partial charge in [-0.1, -0.05) is 12.1 Å². The second-order valence-corrected chi connectivity index (χ2v) is 8.56. The first-order valence-electron chi connectivity index (χ1n) is 8.72. The Bertz CT molecular complexity index is 839. The molecule has 0 saturated heterocycles. The van der Waals surface area contributed by atoms with Gasteiger partial charge in [-0.15, -0.1) is 11.3 Å². The molecule has 3 rings (SSSR count). The van der Waals surface area contributed by atoms with E-state index < -0.39 is 6.04 Å². The van der Waals surface area contributed by atoms with E-state index in [0.29, 0.717) is 42.7 Å². The predicted octanol–water partition coefficient (Wildman–Crippen LogP) is 3.45. The number of likely N-dealkylation sites (N-methyl/N-ethyl adjacent to an activating group) is 1. The first kappa shape index (κ1) is 19.7. The average Bonchev–Trinajstić information content (AvgIpc) is 3.12. The maximum Gasteiger partial charge on any atom is 0.262 e. The summed E-state index contributed by atoms with van der Waals surface area (Å²) in [6.45, 7) is 5.55. The zero-order valence-corrected chi connectivity index (χ0v) is 17.6. The molecule has 1 aliphatic rings. The van der Waals surface area contributed by atoms with E-state index in [9.17, 15) is 9.59 Å². The highest BCUT2D eigenvalue weighted by Crippen LogP contribution is 2.34. The number of hydrogen-bond donors (Lipinski definition) is 1. The van der Waals surface area contributed by atoms with Crippen LogP contribution in [0.3, 0.4) is 0 Å². The fourth-order valence-corrected chi connectivity index (χ4v) is 4.14. The molecular weight excluding hydrogens is 432 g/mol. The molecular formula is C19H21BrN2O4S. The molecule has 2 amide bonds. The molecule has 1 aromatic heterocycles. The number of benzene rings is 1. The summed E-state index contributed by atoms with van der Waals surface area (Å²) in [7, 11) is 0. The van der Waals surface area contributed by atoms with E-state index in [-0.39, 0.29) is 11.8 Å². The van der Waals surface area contributed by atoms with Crippen molar-refractivity contribution in [1.29, 1.82) is 0 Å². The Labute approximate surface area is 170 Å². The first-order valence-corrected chi connectivity index (χ1v) is 10.3. The minimum atomic E-state index is -0.630. The van der Waals surface area contributed by atoms with Crippen molar-refractivity contribution in [3.63, 3.8) is 0 Å². The van der Waals surface area contributed by atoms with E-state index in [1.807, 2.05) is 31.2 Å². The molecule has 0 saturated carbocycles. The largest absolute Gasteiger partial charge is 0.486 e. The molecule has 1 N–H and O–H groups in total. The fraction of sp³-hybridized carbons (Fsp3) is 0.368. The van der Waals surface area contributed by atoms with Gasteiger partial charge in [0.25, 0.3) is 5.91 Å². The monoisotopic (exact) mass is 452 g/mol.